The van der Waals surface area contributed by atoms with Crippen LogP contribution in [0, 0.1) is 6.92 Å². The summed E-state index contributed by atoms with van der Waals surface area (Å²) >= 11 is 6.35. The molecule has 0 spiro atoms. The lowest BCUT2D eigenvalue weighted by atomic mass is 10.1. The molecule has 0 saturated carbocycles. The zero-order valence-electron chi connectivity index (χ0n) is 15.5. The number of anilines is 1. The van der Waals surface area contributed by atoms with Gasteiger partial charge < -0.3 is 19.9 Å². The van der Waals surface area contributed by atoms with Crippen molar-refractivity contribution in [2.24, 2.45) is 0 Å². The molecule has 28 heavy (non-hydrogen) atoms. The highest BCUT2D eigenvalue weighted by atomic mass is 35.5. The molecule has 144 valence electrons. The number of benzene rings is 3. The predicted octanol–water partition coefficient (Wildman–Crippen LogP) is 5.19. The van der Waals surface area contributed by atoms with E-state index in [9.17, 15) is 9.90 Å². The third-order valence-electron chi connectivity index (χ3n) is 4.10. The van der Waals surface area contributed by atoms with E-state index in [1.165, 1.54) is 30.9 Å². The lowest BCUT2D eigenvalue weighted by molar-refractivity contribution is 0.102. The number of nitrogens with one attached hydrogen (secondary N) is 1. The van der Waals surface area contributed by atoms with Crippen molar-refractivity contribution >= 4 is 23.2 Å². The standard InChI is InChI=1S/C22H20ClNO4/c1-14-6-8-15(9-7-14)13-28-21-19(23)10-16(11-20(21)27-2)22(26)24-17-4-3-5-18(25)12-17/h3-12,25H,13H2,1-2H3,(H,24,26). The Balaban J connectivity index is 1.78. The SMILES string of the molecule is COc1cc(C(=O)Nc2cccc(O)c2)cc(Cl)c1OCc1ccc(C)cc1. The van der Waals surface area contributed by atoms with E-state index < -0.39 is 0 Å². The fraction of sp³-hybridized carbons (Fsp3) is 0.136. The summed E-state index contributed by atoms with van der Waals surface area (Å²) < 4.78 is 11.2. The lowest BCUT2D eigenvalue weighted by Gasteiger charge is -2.14. The maximum Gasteiger partial charge on any atom is 0.255 e. The van der Waals surface area contributed by atoms with Gasteiger partial charge in [-0.2, -0.15) is 0 Å². The quantitative estimate of drug-likeness (QED) is 0.600. The van der Waals surface area contributed by atoms with Gasteiger partial charge in [0.2, 0.25) is 0 Å². The number of amides is 1. The number of rotatable bonds is 6. The minimum atomic E-state index is -0.379. The summed E-state index contributed by atoms with van der Waals surface area (Å²) in [4.78, 5) is 12.5. The van der Waals surface area contributed by atoms with Crippen molar-refractivity contribution in [3.63, 3.8) is 0 Å². The fourth-order valence-electron chi connectivity index (χ4n) is 2.62. The number of carbonyl (C=O) groups is 1. The molecule has 0 bridgehead atoms. The number of hydrogen-bond donors (Lipinski definition) is 2. The second kappa shape index (κ2) is 8.67. The molecule has 0 saturated heterocycles. The number of carbonyl (C=O) groups excluding carboxylic acids is 1. The van der Waals surface area contributed by atoms with Gasteiger partial charge >= 0.3 is 0 Å². The molecule has 0 atom stereocenters. The monoisotopic (exact) mass is 397 g/mol. The van der Waals surface area contributed by atoms with Gasteiger partial charge in [-0.15, -0.1) is 0 Å². The van der Waals surface area contributed by atoms with Crippen LogP contribution in [0.15, 0.2) is 60.7 Å². The van der Waals surface area contributed by atoms with Crippen LogP contribution in [-0.2, 0) is 6.61 Å². The molecule has 5 nitrogen and oxygen atoms in total. The number of hydrogen-bond acceptors (Lipinski definition) is 4. The first kappa shape index (κ1) is 19.6. The largest absolute Gasteiger partial charge is 0.508 e. The molecule has 0 aliphatic heterocycles. The van der Waals surface area contributed by atoms with Gasteiger partial charge in [-0.05, 0) is 36.8 Å². The number of aromatic hydroxyl groups is 1. The third-order valence-corrected chi connectivity index (χ3v) is 4.38. The number of phenolic OH excluding ortho intramolecular Hbond substituents is 1. The van der Waals surface area contributed by atoms with Crippen LogP contribution in [0.3, 0.4) is 0 Å². The molecular weight excluding hydrogens is 378 g/mol. The normalized spacial score (nSPS) is 10.4. The highest BCUT2D eigenvalue weighted by Gasteiger charge is 2.16. The molecule has 0 radical (unpaired) electrons. The molecule has 0 aromatic heterocycles. The van der Waals surface area contributed by atoms with Crippen molar-refractivity contribution < 1.29 is 19.4 Å². The van der Waals surface area contributed by atoms with Crippen LogP contribution >= 0.6 is 11.6 Å². The summed E-state index contributed by atoms with van der Waals surface area (Å²) in [6.07, 6.45) is 0. The molecular formula is C22H20ClNO4. The molecule has 0 heterocycles. The van der Waals surface area contributed by atoms with Gasteiger partial charge in [-0.1, -0.05) is 47.5 Å². The summed E-state index contributed by atoms with van der Waals surface area (Å²) in [5.74, 6) is 0.420. The number of ether oxygens (including phenoxy) is 2. The number of halogens is 1. The topological polar surface area (TPSA) is 67.8 Å². The summed E-state index contributed by atoms with van der Waals surface area (Å²) in [6, 6.07) is 17.3. The smallest absolute Gasteiger partial charge is 0.255 e. The molecule has 6 heteroatoms. The lowest BCUT2D eigenvalue weighted by Crippen LogP contribution is -2.12. The van der Waals surface area contributed by atoms with Gasteiger partial charge in [0.25, 0.3) is 5.91 Å². The van der Waals surface area contributed by atoms with E-state index in [0.717, 1.165) is 5.56 Å². The molecule has 3 aromatic rings. The van der Waals surface area contributed by atoms with Gasteiger partial charge in [0.15, 0.2) is 11.5 Å². The second-order valence-corrected chi connectivity index (χ2v) is 6.68. The first-order chi connectivity index (χ1) is 13.5. The van der Waals surface area contributed by atoms with E-state index in [1.54, 1.807) is 18.2 Å². The van der Waals surface area contributed by atoms with Crippen LogP contribution < -0.4 is 14.8 Å². The van der Waals surface area contributed by atoms with Crippen LogP contribution in [0.5, 0.6) is 17.2 Å². The maximum atomic E-state index is 12.5. The average molecular weight is 398 g/mol. The van der Waals surface area contributed by atoms with Crippen molar-refractivity contribution in [1.29, 1.82) is 0 Å². The summed E-state index contributed by atoms with van der Waals surface area (Å²) in [6.45, 7) is 2.34. The van der Waals surface area contributed by atoms with E-state index in [4.69, 9.17) is 21.1 Å². The molecule has 1 amide bonds. The molecule has 3 aromatic carbocycles. The summed E-state index contributed by atoms with van der Waals surface area (Å²) in [5.41, 5.74) is 2.95. The minimum Gasteiger partial charge on any atom is -0.508 e. The zero-order valence-corrected chi connectivity index (χ0v) is 16.3. The number of phenols is 1. The van der Waals surface area contributed by atoms with Gasteiger partial charge in [-0.25, -0.2) is 0 Å². The summed E-state index contributed by atoms with van der Waals surface area (Å²) in [5, 5.41) is 12.5. The minimum absolute atomic E-state index is 0.0632. The van der Waals surface area contributed by atoms with E-state index in [2.05, 4.69) is 5.32 Å². The van der Waals surface area contributed by atoms with Gasteiger partial charge in [-0.3, -0.25) is 4.79 Å². The Morgan fingerprint density at radius 3 is 2.54 bits per heavy atom. The maximum absolute atomic E-state index is 12.5. The Kier molecular flexibility index (Phi) is 6.06. The van der Waals surface area contributed by atoms with Crippen LogP contribution in [-0.4, -0.2) is 18.1 Å². The van der Waals surface area contributed by atoms with E-state index in [1.807, 2.05) is 31.2 Å². The highest BCUT2D eigenvalue weighted by Crippen LogP contribution is 2.37. The van der Waals surface area contributed by atoms with Crippen LogP contribution in [0.1, 0.15) is 21.5 Å². The molecule has 0 aliphatic rings. The van der Waals surface area contributed by atoms with Crippen LogP contribution in [0.25, 0.3) is 0 Å². The van der Waals surface area contributed by atoms with E-state index in [0.29, 0.717) is 29.4 Å². The average Bonchev–Trinajstić information content (AvgIpc) is 2.67. The third kappa shape index (κ3) is 4.75. The first-order valence-corrected chi connectivity index (χ1v) is 9.00. The Bertz CT molecular complexity index is 986. The van der Waals surface area contributed by atoms with Crippen molar-refractivity contribution in [2.75, 3.05) is 12.4 Å². The number of methoxy groups -OCH3 is 1. The number of aryl methyl sites for hydroxylation is 1. The molecule has 2 N–H and O–H groups in total. The van der Waals surface area contributed by atoms with E-state index in [-0.39, 0.29) is 16.7 Å². The Morgan fingerprint density at radius 1 is 1.11 bits per heavy atom. The van der Waals surface area contributed by atoms with Crippen molar-refractivity contribution in [2.45, 2.75) is 13.5 Å². The molecule has 0 aliphatic carbocycles. The summed E-state index contributed by atoms with van der Waals surface area (Å²) in [7, 11) is 1.49. The second-order valence-electron chi connectivity index (χ2n) is 6.27. The van der Waals surface area contributed by atoms with Gasteiger partial charge in [0, 0.05) is 17.3 Å². The Labute approximate surface area is 168 Å². The zero-order chi connectivity index (χ0) is 20.1. The molecule has 0 fully saturated rings. The van der Waals surface area contributed by atoms with Gasteiger partial charge in [0.1, 0.15) is 12.4 Å². The highest BCUT2D eigenvalue weighted by molar-refractivity contribution is 6.32. The van der Waals surface area contributed by atoms with Crippen LogP contribution in [0.4, 0.5) is 5.69 Å². The Hall–Kier alpha value is -3.18. The first-order valence-electron chi connectivity index (χ1n) is 8.62. The van der Waals surface area contributed by atoms with Crippen LogP contribution in [0.2, 0.25) is 5.02 Å². The Morgan fingerprint density at radius 2 is 1.86 bits per heavy atom. The fourth-order valence-corrected chi connectivity index (χ4v) is 2.88. The van der Waals surface area contributed by atoms with Crippen molar-refractivity contribution in [3.8, 4) is 17.2 Å². The molecule has 3 rings (SSSR count). The van der Waals surface area contributed by atoms with Gasteiger partial charge in [0.05, 0.1) is 12.1 Å². The van der Waals surface area contributed by atoms with E-state index >= 15 is 0 Å². The molecule has 0 unspecified atom stereocenters. The van der Waals surface area contributed by atoms with Crippen molar-refractivity contribution in [1.82, 2.24) is 0 Å². The predicted molar refractivity (Wildman–Crippen MR) is 110 cm³/mol. The van der Waals surface area contributed by atoms with Crippen molar-refractivity contribution in [3.05, 3.63) is 82.4 Å².